The zero-order chi connectivity index (χ0) is 13.1. The molecule has 0 aliphatic heterocycles. The number of hydrogen-bond donors (Lipinski definition) is 1. The van der Waals surface area contributed by atoms with E-state index in [1.165, 1.54) is 19.3 Å². The van der Waals surface area contributed by atoms with Gasteiger partial charge in [-0.15, -0.1) is 0 Å². The zero-order valence-electron chi connectivity index (χ0n) is 11.7. The predicted molar refractivity (Wildman–Crippen MR) is 73.9 cm³/mol. The molecule has 1 aliphatic rings. The largest absolute Gasteiger partial charge is 0.310 e. The van der Waals surface area contributed by atoms with Crippen molar-refractivity contribution in [2.24, 2.45) is 11.8 Å². The van der Waals surface area contributed by atoms with Gasteiger partial charge in [0.05, 0.1) is 0 Å². The van der Waals surface area contributed by atoms with Crippen molar-refractivity contribution in [3.8, 4) is 0 Å². The van der Waals surface area contributed by atoms with Crippen molar-refractivity contribution in [1.29, 1.82) is 0 Å². The van der Waals surface area contributed by atoms with Gasteiger partial charge < -0.3 is 5.32 Å². The van der Waals surface area contributed by atoms with E-state index in [0.717, 1.165) is 29.5 Å². The molecule has 0 saturated heterocycles. The minimum atomic E-state index is -0.0973. The Bertz CT molecular complexity index is 402. The highest BCUT2D eigenvalue weighted by atomic mass is 19.1. The molecule has 100 valence electrons. The first-order chi connectivity index (χ1) is 8.56. The van der Waals surface area contributed by atoms with Crippen LogP contribution in [0.5, 0.6) is 0 Å². The van der Waals surface area contributed by atoms with Gasteiger partial charge in [0.25, 0.3) is 0 Å². The van der Waals surface area contributed by atoms with Gasteiger partial charge in [0.2, 0.25) is 0 Å². The average Bonchev–Trinajstić information content (AvgIpc) is 2.35. The minimum Gasteiger partial charge on any atom is -0.310 e. The molecule has 18 heavy (non-hydrogen) atoms. The van der Waals surface area contributed by atoms with Crippen molar-refractivity contribution in [3.05, 3.63) is 35.1 Å². The molecule has 3 unspecified atom stereocenters. The summed E-state index contributed by atoms with van der Waals surface area (Å²) >= 11 is 0. The highest BCUT2D eigenvalue weighted by molar-refractivity contribution is 5.23. The molecule has 3 atom stereocenters. The summed E-state index contributed by atoms with van der Waals surface area (Å²) < 4.78 is 13.4. The Morgan fingerprint density at radius 3 is 2.67 bits per heavy atom. The van der Waals surface area contributed by atoms with Crippen LogP contribution >= 0.6 is 0 Å². The van der Waals surface area contributed by atoms with Gasteiger partial charge in [0.1, 0.15) is 5.82 Å². The highest BCUT2D eigenvalue weighted by Crippen LogP contribution is 2.29. The Kier molecular flexibility index (Phi) is 4.39. The molecule has 0 bridgehead atoms. The fourth-order valence-electron chi connectivity index (χ4n) is 2.74. The Labute approximate surface area is 110 Å². The molecule has 1 aliphatic carbocycles. The van der Waals surface area contributed by atoms with E-state index in [2.05, 4.69) is 19.2 Å². The predicted octanol–water partition coefficient (Wildman–Crippen LogP) is 4.05. The lowest BCUT2D eigenvalue weighted by atomic mass is 9.79. The summed E-state index contributed by atoms with van der Waals surface area (Å²) in [6, 6.07) is 6.12. The van der Waals surface area contributed by atoms with E-state index in [-0.39, 0.29) is 5.82 Å². The molecular weight excluding hydrogens is 225 g/mol. The summed E-state index contributed by atoms with van der Waals surface area (Å²) in [5.41, 5.74) is 1.77. The normalized spacial score (nSPS) is 28.3. The van der Waals surface area contributed by atoms with Gasteiger partial charge in [0, 0.05) is 12.6 Å². The third kappa shape index (κ3) is 3.32. The first-order valence-corrected chi connectivity index (χ1v) is 7.04. The Hall–Kier alpha value is -0.890. The van der Waals surface area contributed by atoms with E-state index in [1.54, 1.807) is 13.0 Å². The Balaban J connectivity index is 1.86. The SMILES string of the molecule is Cc1ccc(CNC2CCC(C)C(C)C2)cc1F. The van der Waals surface area contributed by atoms with Crippen LogP contribution < -0.4 is 5.32 Å². The van der Waals surface area contributed by atoms with Crippen LogP contribution in [0, 0.1) is 24.6 Å². The molecule has 2 heteroatoms. The van der Waals surface area contributed by atoms with E-state index < -0.39 is 0 Å². The summed E-state index contributed by atoms with van der Waals surface area (Å²) in [5, 5.41) is 3.57. The van der Waals surface area contributed by atoms with Crippen molar-refractivity contribution in [1.82, 2.24) is 5.32 Å². The molecule has 1 nitrogen and oxygen atoms in total. The topological polar surface area (TPSA) is 12.0 Å². The molecule has 0 amide bonds. The van der Waals surface area contributed by atoms with Crippen LogP contribution in [0.4, 0.5) is 4.39 Å². The molecule has 1 aromatic rings. The van der Waals surface area contributed by atoms with Gasteiger partial charge in [-0.25, -0.2) is 4.39 Å². The number of halogens is 1. The lowest BCUT2D eigenvalue weighted by Gasteiger charge is -2.32. The van der Waals surface area contributed by atoms with E-state index in [1.807, 2.05) is 12.1 Å². The fraction of sp³-hybridized carbons (Fsp3) is 0.625. The highest BCUT2D eigenvalue weighted by Gasteiger charge is 2.23. The number of rotatable bonds is 3. The maximum atomic E-state index is 13.4. The van der Waals surface area contributed by atoms with Crippen LogP contribution in [0.1, 0.15) is 44.2 Å². The van der Waals surface area contributed by atoms with Crippen molar-refractivity contribution in [2.45, 2.75) is 52.6 Å². The van der Waals surface area contributed by atoms with E-state index in [4.69, 9.17) is 0 Å². The van der Waals surface area contributed by atoms with Gasteiger partial charge in [0.15, 0.2) is 0 Å². The third-order valence-electron chi connectivity index (χ3n) is 4.43. The molecule has 1 saturated carbocycles. The monoisotopic (exact) mass is 249 g/mol. The van der Waals surface area contributed by atoms with Crippen LogP contribution in [0.3, 0.4) is 0 Å². The zero-order valence-corrected chi connectivity index (χ0v) is 11.7. The lowest BCUT2D eigenvalue weighted by molar-refractivity contribution is 0.225. The first-order valence-electron chi connectivity index (χ1n) is 7.04. The van der Waals surface area contributed by atoms with E-state index in [9.17, 15) is 4.39 Å². The van der Waals surface area contributed by atoms with Gasteiger partial charge in [-0.2, -0.15) is 0 Å². The summed E-state index contributed by atoms with van der Waals surface area (Å²) in [7, 11) is 0. The minimum absolute atomic E-state index is 0.0973. The molecule has 2 rings (SSSR count). The molecule has 1 aromatic carbocycles. The maximum absolute atomic E-state index is 13.4. The van der Waals surface area contributed by atoms with Crippen LogP contribution in [0.15, 0.2) is 18.2 Å². The van der Waals surface area contributed by atoms with Gasteiger partial charge >= 0.3 is 0 Å². The lowest BCUT2D eigenvalue weighted by Crippen LogP contribution is -2.35. The van der Waals surface area contributed by atoms with E-state index in [0.29, 0.717) is 6.04 Å². The van der Waals surface area contributed by atoms with Crippen LogP contribution in [0.25, 0.3) is 0 Å². The van der Waals surface area contributed by atoms with Crippen LogP contribution in [-0.4, -0.2) is 6.04 Å². The van der Waals surface area contributed by atoms with Gasteiger partial charge in [-0.3, -0.25) is 0 Å². The first kappa shape index (κ1) is 13.5. The number of hydrogen-bond acceptors (Lipinski definition) is 1. The second kappa shape index (κ2) is 5.83. The Morgan fingerprint density at radius 2 is 2.00 bits per heavy atom. The summed E-state index contributed by atoms with van der Waals surface area (Å²) in [5.74, 6) is 1.55. The van der Waals surface area contributed by atoms with Gasteiger partial charge in [-0.05, 0) is 55.2 Å². The van der Waals surface area contributed by atoms with Crippen molar-refractivity contribution < 1.29 is 4.39 Å². The standard InChI is InChI=1S/C16H24FN/c1-11-5-7-15(8-13(11)3)18-10-14-6-4-12(2)16(17)9-14/h4,6,9,11,13,15,18H,5,7-8,10H2,1-3H3. The molecular formula is C16H24FN. The average molecular weight is 249 g/mol. The number of nitrogens with one attached hydrogen (secondary N) is 1. The molecule has 0 radical (unpaired) electrons. The fourth-order valence-corrected chi connectivity index (χ4v) is 2.74. The molecule has 0 aromatic heterocycles. The second-order valence-corrected chi connectivity index (χ2v) is 5.93. The third-order valence-corrected chi connectivity index (χ3v) is 4.43. The summed E-state index contributed by atoms with van der Waals surface area (Å²) in [6.45, 7) is 7.26. The molecule has 0 spiro atoms. The number of aryl methyl sites for hydroxylation is 1. The van der Waals surface area contributed by atoms with Crippen LogP contribution in [0.2, 0.25) is 0 Å². The van der Waals surface area contributed by atoms with Crippen molar-refractivity contribution in [2.75, 3.05) is 0 Å². The molecule has 0 heterocycles. The van der Waals surface area contributed by atoms with Crippen molar-refractivity contribution >= 4 is 0 Å². The van der Waals surface area contributed by atoms with Gasteiger partial charge in [-0.1, -0.05) is 26.0 Å². The molecule has 1 N–H and O–H groups in total. The second-order valence-electron chi connectivity index (χ2n) is 5.93. The Morgan fingerprint density at radius 1 is 1.22 bits per heavy atom. The maximum Gasteiger partial charge on any atom is 0.126 e. The van der Waals surface area contributed by atoms with Crippen LogP contribution in [-0.2, 0) is 6.54 Å². The molecule has 1 fully saturated rings. The van der Waals surface area contributed by atoms with Crippen molar-refractivity contribution in [3.63, 3.8) is 0 Å². The quantitative estimate of drug-likeness (QED) is 0.852. The number of benzene rings is 1. The van der Waals surface area contributed by atoms with E-state index >= 15 is 0 Å². The summed E-state index contributed by atoms with van der Waals surface area (Å²) in [6.07, 6.45) is 3.80. The smallest absolute Gasteiger partial charge is 0.126 e. The summed E-state index contributed by atoms with van der Waals surface area (Å²) in [4.78, 5) is 0.